The van der Waals surface area contributed by atoms with Crippen molar-refractivity contribution in [2.24, 2.45) is 12.8 Å². The van der Waals surface area contributed by atoms with Crippen LogP contribution < -0.4 is 27.9 Å². The smallest absolute Gasteiger partial charge is 0.349 e. The van der Waals surface area contributed by atoms with Crippen LogP contribution in [-0.2, 0) is 17.8 Å². The zero-order chi connectivity index (χ0) is 26.5. The minimum Gasteiger partial charge on any atom is -0.364 e. The first-order valence-electron chi connectivity index (χ1n) is 10.2. The second-order valence-corrected chi connectivity index (χ2v) is 9.14. The molecule has 4 N–H and O–H groups in total. The molecule has 0 saturated heterocycles. The van der Waals surface area contributed by atoms with Crippen LogP contribution >= 0.6 is 22.6 Å². The first-order valence-corrected chi connectivity index (χ1v) is 11.3. The fraction of sp³-hybridized carbons (Fsp3) is 0.130. The van der Waals surface area contributed by atoms with E-state index in [-0.39, 0.29) is 33.7 Å². The Kier molecular flexibility index (Phi) is 6.28. The van der Waals surface area contributed by atoms with Crippen LogP contribution in [0.15, 0.2) is 56.8 Å². The topological polar surface area (TPSA) is 132 Å². The SMILES string of the molecule is Cc1c(Nc2ccc(I)cc2F)c2c(=O)[nH]c(=O)n(-c3cccc(C(F)(F)C(N)=O)c3)c2n(C)c1=O. The molecule has 2 aromatic heterocycles. The Bertz CT molecular complexity index is 1740. The number of alkyl halides is 2. The molecule has 13 heteroatoms. The number of aryl methyl sites for hydroxylation is 1. The zero-order valence-electron chi connectivity index (χ0n) is 18.7. The molecule has 1 amide bonds. The first kappa shape index (κ1) is 25.2. The molecule has 0 radical (unpaired) electrons. The Balaban J connectivity index is 2.09. The number of amides is 1. The summed E-state index contributed by atoms with van der Waals surface area (Å²) in [6.07, 6.45) is 0. The highest BCUT2D eigenvalue weighted by atomic mass is 127. The third-order valence-corrected chi connectivity index (χ3v) is 6.29. The molecule has 0 unspecified atom stereocenters. The molecule has 0 fully saturated rings. The average molecular weight is 611 g/mol. The molecule has 0 atom stereocenters. The molecule has 0 aliphatic heterocycles. The summed E-state index contributed by atoms with van der Waals surface area (Å²) in [6, 6.07) is 8.50. The number of H-pyrrole nitrogens is 1. The number of fused-ring (bicyclic) bond motifs is 1. The van der Waals surface area contributed by atoms with E-state index in [4.69, 9.17) is 5.73 Å². The molecule has 0 aliphatic rings. The normalized spacial score (nSPS) is 11.6. The molecule has 0 saturated carbocycles. The van der Waals surface area contributed by atoms with Crippen LogP contribution in [0.5, 0.6) is 0 Å². The molecule has 0 spiro atoms. The molecule has 4 aromatic rings. The predicted molar refractivity (Wildman–Crippen MR) is 136 cm³/mol. The summed E-state index contributed by atoms with van der Waals surface area (Å²) >= 11 is 1.92. The number of aromatic amines is 1. The summed E-state index contributed by atoms with van der Waals surface area (Å²) in [6.45, 7) is 1.41. The summed E-state index contributed by atoms with van der Waals surface area (Å²) in [5.41, 5.74) is 0.995. The number of benzene rings is 2. The average Bonchev–Trinajstić information content (AvgIpc) is 2.81. The first-order chi connectivity index (χ1) is 16.8. The molecule has 9 nitrogen and oxygen atoms in total. The lowest BCUT2D eigenvalue weighted by Gasteiger charge is -2.19. The van der Waals surface area contributed by atoms with Crippen LogP contribution in [-0.4, -0.2) is 20.0 Å². The van der Waals surface area contributed by atoms with Crippen molar-refractivity contribution in [3.05, 3.63) is 94.2 Å². The Hall–Kier alpha value is -3.88. The van der Waals surface area contributed by atoms with E-state index in [9.17, 15) is 32.3 Å². The number of aromatic nitrogens is 3. The number of hydrogen-bond acceptors (Lipinski definition) is 5. The molecular weight excluding hydrogens is 594 g/mol. The molecule has 2 aromatic carbocycles. The van der Waals surface area contributed by atoms with E-state index in [1.165, 1.54) is 32.2 Å². The lowest BCUT2D eigenvalue weighted by atomic mass is 10.1. The molecular formula is C23H17F3IN5O4. The van der Waals surface area contributed by atoms with Crippen LogP contribution in [0.3, 0.4) is 0 Å². The highest BCUT2D eigenvalue weighted by Crippen LogP contribution is 2.31. The van der Waals surface area contributed by atoms with Crippen LogP contribution in [0.1, 0.15) is 11.1 Å². The largest absolute Gasteiger partial charge is 0.364 e. The number of primary amides is 1. The van der Waals surface area contributed by atoms with E-state index in [0.29, 0.717) is 3.57 Å². The highest BCUT2D eigenvalue weighted by Gasteiger charge is 2.39. The number of pyridine rings is 1. The third-order valence-electron chi connectivity index (χ3n) is 5.62. The van der Waals surface area contributed by atoms with Crippen molar-refractivity contribution in [3.8, 4) is 5.69 Å². The quantitative estimate of drug-likeness (QED) is 0.299. The maximum absolute atomic E-state index is 14.6. The van der Waals surface area contributed by atoms with Gasteiger partial charge in [0.2, 0.25) is 0 Å². The van der Waals surface area contributed by atoms with Gasteiger partial charge in [-0.1, -0.05) is 12.1 Å². The molecule has 2 heterocycles. The molecule has 0 bridgehead atoms. The van der Waals surface area contributed by atoms with Gasteiger partial charge in [0, 0.05) is 21.7 Å². The third kappa shape index (κ3) is 4.08. The van der Waals surface area contributed by atoms with Crippen molar-refractivity contribution in [2.75, 3.05) is 5.32 Å². The van der Waals surface area contributed by atoms with Crippen LogP contribution in [0.25, 0.3) is 16.7 Å². The van der Waals surface area contributed by atoms with E-state index in [1.54, 1.807) is 6.07 Å². The summed E-state index contributed by atoms with van der Waals surface area (Å²) < 4.78 is 45.6. The number of nitrogens with one attached hydrogen (secondary N) is 2. The lowest BCUT2D eigenvalue weighted by molar-refractivity contribution is -0.143. The monoisotopic (exact) mass is 611 g/mol. The highest BCUT2D eigenvalue weighted by molar-refractivity contribution is 14.1. The number of carbonyl (C=O) groups excluding carboxylic acids is 1. The number of halogens is 4. The van der Waals surface area contributed by atoms with E-state index in [1.807, 2.05) is 22.6 Å². The van der Waals surface area contributed by atoms with E-state index in [2.05, 4.69) is 10.3 Å². The maximum Gasteiger partial charge on any atom is 0.349 e. The minimum absolute atomic E-state index is 0.0340. The Labute approximate surface area is 213 Å². The Morgan fingerprint density at radius 3 is 2.47 bits per heavy atom. The van der Waals surface area contributed by atoms with Gasteiger partial charge in [-0.2, -0.15) is 8.78 Å². The number of rotatable bonds is 5. The Morgan fingerprint density at radius 1 is 1.14 bits per heavy atom. The molecule has 0 aliphatic carbocycles. The van der Waals surface area contributed by atoms with Crippen molar-refractivity contribution in [2.45, 2.75) is 12.8 Å². The summed E-state index contributed by atoms with van der Waals surface area (Å²) in [5, 5.41) is 2.56. The maximum atomic E-state index is 14.6. The number of hydrogen-bond donors (Lipinski definition) is 3. The second kappa shape index (κ2) is 8.96. The van der Waals surface area contributed by atoms with Gasteiger partial charge in [-0.05, 0) is 59.8 Å². The standard InChI is InChI=1S/C23H17F3IN5O4/c1-10-17(29-15-7-6-12(27)9-14(15)24)16-18(33)30-22(36)32(19(16)31(2)20(10)34)13-5-3-4-11(8-13)23(25,26)21(28)35/h3-9,29H,1-2H3,(H2,28,35)(H,30,33,36). The summed E-state index contributed by atoms with van der Waals surface area (Å²) in [5.74, 6) is -6.59. The minimum atomic E-state index is -4.05. The van der Waals surface area contributed by atoms with E-state index < -0.39 is 40.0 Å². The van der Waals surface area contributed by atoms with Crippen LogP contribution in [0, 0.1) is 16.3 Å². The van der Waals surface area contributed by atoms with E-state index >= 15 is 0 Å². The van der Waals surface area contributed by atoms with Gasteiger partial charge < -0.3 is 11.1 Å². The van der Waals surface area contributed by atoms with Crippen molar-refractivity contribution in [1.29, 1.82) is 0 Å². The summed E-state index contributed by atoms with van der Waals surface area (Å²) in [4.78, 5) is 52.3. The predicted octanol–water partition coefficient (Wildman–Crippen LogP) is 2.75. The van der Waals surface area contributed by atoms with Crippen LogP contribution in [0.2, 0.25) is 0 Å². The van der Waals surface area contributed by atoms with Crippen molar-refractivity contribution >= 4 is 50.9 Å². The van der Waals surface area contributed by atoms with Crippen LogP contribution in [0.4, 0.5) is 24.5 Å². The molecule has 4 rings (SSSR count). The van der Waals surface area contributed by atoms with Crippen molar-refractivity contribution in [1.82, 2.24) is 14.1 Å². The summed E-state index contributed by atoms with van der Waals surface area (Å²) in [7, 11) is 1.30. The van der Waals surface area contributed by atoms with Gasteiger partial charge in [0.15, 0.2) is 0 Å². The number of anilines is 2. The fourth-order valence-electron chi connectivity index (χ4n) is 3.81. The van der Waals surface area contributed by atoms with Gasteiger partial charge in [-0.3, -0.25) is 23.9 Å². The van der Waals surface area contributed by atoms with Gasteiger partial charge in [-0.15, -0.1) is 0 Å². The number of carbonyl (C=O) groups is 1. The molecule has 186 valence electrons. The number of nitrogens with zero attached hydrogens (tertiary/aromatic N) is 2. The van der Waals surface area contributed by atoms with Crippen molar-refractivity contribution < 1.29 is 18.0 Å². The number of nitrogens with two attached hydrogens (primary N) is 1. The van der Waals surface area contributed by atoms with Gasteiger partial charge in [-0.25, -0.2) is 13.8 Å². The zero-order valence-corrected chi connectivity index (χ0v) is 20.8. The van der Waals surface area contributed by atoms with Gasteiger partial charge in [0.1, 0.15) is 16.9 Å². The van der Waals surface area contributed by atoms with Gasteiger partial charge in [0.05, 0.1) is 17.1 Å². The van der Waals surface area contributed by atoms with Crippen molar-refractivity contribution in [3.63, 3.8) is 0 Å². The fourth-order valence-corrected chi connectivity index (χ4v) is 4.27. The van der Waals surface area contributed by atoms with E-state index in [0.717, 1.165) is 27.3 Å². The van der Waals surface area contributed by atoms with Gasteiger partial charge in [0.25, 0.3) is 17.0 Å². The Morgan fingerprint density at radius 2 is 1.83 bits per heavy atom. The lowest BCUT2D eigenvalue weighted by Crippen LogP contribution is -2.36. The second-order valence-electron chi connectivity index (χ2n) is 7.90. The van der Waals surface area contributed by atoms with Gasteiger partial charge >= 0.3 is 11.6 Å². The molecule has 36 heavy (non-hydrogen) atoms.